The molecule has 0 radical (unpaired) electrons. The fourth-order valence-corrected chi connectivity index (χ4v) is 2.94. The number of amides is 1. The monoisotopic (exact) mass is 503 g/mol. The molecule has 0 saturated carbocycles. The summed E-state index contributed by atoms with van der Waals surface area (Å²) in [5, 5.41) is 11.6. The molecule has 146 valence electrons. The predicted octanol–water partition coefficient (Wildman–Crippen LogP) is 5.08. The van der Waals surface area contributed by atoms with Gasteiger partial charge in [-0.15, -0.1) is 0 Å². The lowest BCUT2D eigenvalue weighted by atomic mass is 10.1. The molecule has 3 rings (SSSR count). The van der Waals surface area contributed by atoms with Crippen LogP contribution in [0, 0.1) is 9.39 Å². The minimum atomic E-state index is -1.34. The van der Waals surface area contributed by atoms with Gasteiger partial charge in [-0.1, -0.05) is 36.4 Å². The molecule has 7 heteroatoms. The van der Waals surface area contributed by atoms with E-state index in [0.29, 0.717) is 17.1 Å². The van der Waals surface area contributed by atoms with E-state index in [9.17, 15) is 19.1 Å². The number of para-hydroxylation sites is 1. The van der Waals surface area contributed by atoms with Crippen LogP contribution in [0.25, 0.3) is 6.08 Å². The number of carboxylic acid groups (broad SMARTS) is 1. The summed E-state index contributed by atoms with van der Waals surface area (Å²) in [5.41, 5.74) is -0.0725. The number of rotatable bonds is 6. The van der Waals surface area contributed by atoms with Gasteiger partial charge in [0.05, 0.1) is 9.13 Å². The highest BCUT2D eigenvalue weighted by molar-refractivity contribution is 14.1. The molecule has 0 saturated heterocycles. The highest BCUT2D eigenvalue weighted by Gasteiger charge is 2.16. The van der Waals surface area contributed by atoms with Gasteiger partial charge >= 0.3 is 5.97 Å². The Kier molecular flexibility index (Phi) is 6.61. The second-order valence-corrected chi connectivity index (χ2v) is 7.06. The van der Waals surface area contributed by atoms with Crippen molar-refractivity contribution in [1.82, 2.24) is 5.32 Å². The Morgan fingerprint density at radius 2 is 1.62 bits per heavy atom. The summed E-state index contributed by atoms with van der Waals surface area (Å²) < 4.78 is 20.5. The van der Waals surface area contributed by atoms with Crippen molar-refractivity contribution in [3.8, 4) is 11.5 Å². The Morgan fingerprint density at radius 1 is 0.966 bits per heavy atom. The summed E-state index contributed by atoms with van der Waals surface area (Å²) >= 11 is 2.17. The third-order valence-electron chi connectivity index (χ3n) is 3.85. The Bertz CT molecular complexity index is 1080. The van der Waals surface area contributed by atoms with Crippen LogP contribution < -0.4 is 10.1 Å². The van der Waals surface area contributed by atoms with Crippen molar-refractivity contribution in [2.24, 2.45) is 0 Å². The van der Waals surface area contributed by atoms with E-state index in [0.717, 1.165) is 9.64 Å². The summed E-state index contributed by atoms with van der Waals surface area (Å²) in [7, 11) is 0. The van der Waals surface area contributed by atoms with E-state index in [1.165, 1.54) is 24.3 Å². The highest BCUT2D eigenvalue weighted by Crippen LogP contribution is 2.26. The van der Waals surface area contributed by atoms with E-state index in [-0.39, 0.29) is 11.3 Å². The number of nitrogens with one attached hydrogen (secondary N) is 1. The Morgan fingerprint density at radius 3 is 2.28 bits per heavy atom. The Balaban J connectivity index is 1.77. The quantitative estimate of drug-likeness (QED) is 0.364. The van der Waals surface area contributed by atoms with Gasteiger partial charge in [-0.2, -0.15) is 0 Å². The van der Waals surface area contributed by atoms with E-state index in [4.69, 9.17) is 4.74 Å². The molecule has 5 nitrogen and oxygen atoms in total. The summed E-state index contributed by atoms with van der Waals surface area (Å²) in [6.45, 7) is 0. The number of carboxylic acids is 1. The molecule has 0 aromatic heterocycles. The lowest BCUT2D eigenvalue weighted by Crippen LogP contribution is -2.27. The second-order valence-electron chi connectivity index (χ2n) is 5.90. The maximum Gasteiger partial charge on any atom is 0.352 e. The molecule has 1 amide bonds. The first-order valence-electron chi connectivity index (χ1n) is 8.47. The lowest BCUT2D eigenvalue weighted by molar-refractivity contribution is -0.132. The van der Waals surface area contributed by atoms with Crippen LogP contribution >= 0.6 is 22.6 Å². The van der Waals surface area contributed by atoms with Gasteiger partial charge in [0.2, 0.25) is 0 Å². The van der Waals surface area contributed by atoms with Crippen molar-refractivity contribution >= 4 is 40.5 Å². The first-order valence-corrected chi connectivity index (χ1v) is 9.55. The molecule has 0 fully saturated rings. The van der Waals surface area contributed by atoms with Crippen molar-refractivity contribution in [3.05, 3.63) is 99.0 Å². The van der Waals surface area contributed by atoms with Gasteiger partial charge in [0.1, 0.15) is 23.0 Å². The van der Waals surface area contributed by atoms with E-state index < -0.39 is 17.7 Å². The van der Waals surface area contributed by atoms with Gasteiger partial charge in [0, 0.05) is 0 Å². The van der Waals surface area contributed by atoms with Gasteiger partial charge < -0.3 is 15.2 Å². The van der Waals surface area contributed by atoms with Gasteiger partial charge in [0.15, 0.2) is 0 Å². The second kappa shape index (κ2) is 9.33. The zero-order valence-corrected chi connectivity index (χ0v) is 17.1. The molecule has 0 heterocycles. The lowest BCUT2D eigenvalue weighted by Gasteiger charge is -2.09. The van der Waals surface area contributed by atoms with Crippen LogP contribution in [-0.4, -0.2) is 17.0 Å². The van der Waals surface area contributed by atoms with Crippen molar-refractivity contribution in [1.29, 1.82) is 0 Å². The largest absolute Gasteiger partial charge is 0.477 e. The smallest absolute Gasteiger partial charge is 0.352 e. The maximum atomic E-state index is 13.7. The molecule has 0 bridgehead atoms. The number of aliphatic carboxylic acids is 1. The van der Waals surface area contributed by atoms with Gasteiger partial charge in [-0.3, -0.25) is 4.79 Å². The highest BCUT2D eigenvalue weighted by atomic mass is 127. The fourth-order valence-electron chi connectivity index (χ4n) is 2.44. The number of benzene rings is 3. The van der Waals surface area contributed by atoms with Crippen molar-refractivity contribution in [2.75, 3.05) is 0 Å². The summed E-state index contributed by atoms with van der Waals surface area (Å²) in [6, 6.07) is 19.6. The molecule has 0 spiro atoms. The molecule has 0 aliphatic carbocycles. The molecule has 3 aromatic rings. The number of hydrogen-bond acceptors (Lipinski definition) is 3. The molecule has 0 aliphatic heterocycles. The normalized spacial score (nSPS) is 11.0. The van der Waals surface area contributed by atoms with Crippen LogP contribution in [0.15, 0.2) is 78.5 Å². The minimum Gasteiger partial charge on any atom is -0.477 e. The SMILES string of the molecule is O=C(O)/C(=C/c1ccc(Oc2ccccc2I)cc1)NC(=O)c1ccccc1F. The van der Waals surface area contributed by atoms with E-state index in [1.807, 2.05) is 24.3 Å². The molecular weight excluding hydrogens is 488 g/mol. The minimum absolute atomic E-state index is 0.235. The number of hydrogen-bond donors (Lipinski definition) is 2. The number of ether oxygens (including phenoxy) is 1. The molecule has 2 N–H and O–H groups in total. The van der Waals surface area contributed by atoms with Crippen LogP contribution in [0.5, 0.6) is 11.5 Å². The standard InChI is InChI=1S/C22H15FINO4/c23-17-6-2-1-5-16(17)21(26)25-19(22(27)28)13-14-9-11-15(12-10-14)29-20-8-4-3-7-18(20)24/h1-13H,(H,25,26)(H,27,28)/b19-13-. The van der Waals surface area contributed by atoms with Crippen molar-refractivity contribution in [2.45, 2.75) is 0 Å². The van der Waals surface area contributed by atoms with E-state index >= 15 is 0 Å². The first kappa shape index (κ1) is 20.5. The van der Waals surface area contributed by atoms with Crippen LogP contribution in [0.4, 0.5) is 4.39 Å². The summed E-state index contributed by atoms with van der Waals surface area (Å²) in [5.74, 6) is -1.62. The van der Waals surface area contributed by atoms with Crippen LogP contribution in [0.2, 0.25) is 0 Å². The van der Waals surface area contributed by atoms with Crippen LogP contribution in [0.1, 0.15) is 15.9 Å². The number of carbonyl (C=O) groups excluding carboxylic acids is 1. The Labute approximate surface area is 180 Å². The van der Waals surface area contributed by atoms with Crippen LogP contribution in [0.3, 0.4) is 0 Å². The zero-order chi connectivity index (χ0) is 20.8. The summed E-state index contributed by atoms with van der Waals surface area (Å²) in [6.07, 6.45) is 1.29. The average Bonchev–Trinajstić information content (AvgIpc) is 2.70. The van der Waals surface area contributed by atoms with E-state index in [1.54, 1.807) is 24.3 Å². The zero-order valence-electron chi connectivity index (χ0n) is 14.9. The van der Waals surface area contributed by atoms with E-state index in [2.05, 4.69) is 27.9 Å². The molecule has 0 aliphatic rings. The molecule has 29 heavy (non-hydrogen) atoms. The first-order chi connectivity index (χ1) is 13.9. The average molecular weight is 503 g/mol. The maximum absolute atomic E-state index is 13.7. The fraction of sp³-hybridized carbons (Fsp3) is 0. The topological polar surface area (TPSA) is 75.6 Å². The molecule has 0 unspecified atom stereocenters. The molecular formula is C22H15FINO4. The van der Waals surface area contributed by atoms with Gasteiger partial charge in [-0.25, -0.2) is 9.18 Å². The van der Waals surface area contributed by atoms with Crippen molar-refractivity contribution < 1.29 is 23.8 Å². The van der Waals surface area contributed by atoms with Gasteiger partial charge in [0.25, 0.3) is 5.91 Å². The molecule has 3 aromatic carbocycles. The third-order valence-corrected chi connectivity index (χ3v) is 4.74. The Hall–Kier alpha value is -3.20. The number of halogens is 2. The summed E-state index contributed by atoms with van der Waals surface area (Å²) in [4.78, 5) is 23.7. The number of carbonyl (C=O) groups is 2. The van der Waals surface area contributed by atoms with Crippen molar-refractivity contribution in [3.63, 3.8) is 0 Å². The van der Waals surface area contributed by atoms with Crippen LogP contribution in [-0.2, 0) is 4.79 Å². The van der Waals surface area contributed by atoms with Gasteiger partial charge in [-0.05, 0) is 70.6 Å². The predicted molar refractivity (Wildman–Crippen MR) is 115 cm³/mol. The molecule has 0 atom stereocenters. The third kappa shape index (κ3) is 5.41.